The van der Waals surface area contributed by atoms with Crippen LogP contribution in [0.4, 0.5) is 5.69 Å². The highest BCUT2D eigenvalue weighted by Crippen LogP contribution is 2.37. The fourth-order valence-electron chi connectivity index (χ4n) is 3.40. The average molecular weight is 363 g/mol. The quantitative estimate of drug-likeness (QED) is 0.600. The Hall–Kier alpha value is -2.92. The monoisotopic (exact) mass is 363 g/mol. The zero-order chi connectivity index (χ0) is 18.3. The first-order chi connectivity index (χ1) is 12.4. The van der Waals surface area contributed by atoms with E-state index in [0.717, 1.165) is 18.2 Å². The maximum absolute atomic E-state index is 12.6. The van der Waals surface area contributed by atoms with E-state index in [1.54, 1.807) is 12.1 Å². The first kappa shape index (κ1) is 16.5. The van der Waals surface area contributed by atoms with Crippen molar-refractivity contribution < 1.29 is 13.2 Å². The lowest BCUT2D eigenvalue weighted by molar-refractivity contribution is 0.102. The molecule has 1 aliphatic carbocycles. The lowest BCUT2D eigenvalue weighted by Crippen LogP contribution is -2.16. The fraction of sp³-hybridized carbons (Fsp3) is 0.0952. The number of carbonyl (C=O) groups excluding carboxylic acids is 1. The molecule has 26 heavy (non-hydrogen) atoms. The van der Waals surface area contributed by atoms with Crippen LogP contribution in [0.15, 0.2) is 71.6 Å². The average Bonchev–Trinajstić information content (AvgIpc) is 2.98. The van der Waals surface area contributed by atoms with Gasteiger partial charge >= 0.3 is 0 Å². The maximum Gasteiger partial charge on any atom is 0.256 e. The van der Waals surface area contributed by atoms with Gasteiger partial charge in [0, 0.05) is 11.9 Å². The van der Waals surface area contributed by atoms with E-state index >= 15 is 0 Å². The predicted molar refractivity (Wildman–Crippen MR) is 102 cm³/mol. The maximum atomic E-state index is 12.6. The minimum absolute atomic E-state index is 0.0334. The van der Waals surface area contributed by atoms with Gasteiger partial charge in [0.15, 0.2) is 9.84 Å². The lowest BCUT2D eigenvalue weighted by atomic mass is 10.1. The van der Waals surface area contributed by atoms with Crippen molar-refractivity contribution in [3.05, 3.63) is 83.4 Å². The molecular weight excluding hydrogens is 346 g/mol. The number of anilines is 1. The van der Waals surface area contributed by atoms with Gasteiger partial charge in [0.05, 0.1) is 10.5 Å². The van der Waals surface area contributed by atoms with Crippen molar-refractivity contribution in [2.24, 2.45) is 0 Å². The van der Waals surface area contributed by atoms with Gasteiger partial charge in [-0.2, -0.15) is 0 Å². The molecular formula is C21H17NO3S. The molecule has 0 spiro atoms. The minimum Gasteiger partial charge on any atom is -0.322 e. The molecule has 1 N–H and O–H groups in total. The molecule has 0 unspecified atom stereocenters. The zero-order valence-corrected chi connectivity index (χ0v) is 15.0. The second kappa shape index (κ2) is 6.11. The molecule has 0 fully saturated rings. The molecule has 3 aromatic rings. The number of hydrogen-bond donors (Lipinski definition) is 1. The van der Waals surface area contributed by atoms with E-state index in [2.05, 4.69) is 17.4 Å². The van der Waals surface area contributed by atoms with Crippen LogP contribution in [0.25, 0.3) is 11.1 Å². The molecule has 0 atom stereocenters. The van der Waals surface area contributed by atoms with Crippen LogP contribution >= 0.6 is 0 Å². The summed E-state index contributed by atoms with van der Waals surface area (Å²) >= 11 is 0. The number of carbonyl (C=O) groups is 1. The highest BCUT2D eigenvalue weighted by molar-refractivity contribution is 7.90. The standard InChI is InChI=1S/C21H17NO3S/c1-26(24,25)20-9-5-4-8-19(20)21(23)22-16-10-11-18-15(13-16)12-14-6-2-3-7-17(14)18/h2-11,13H,12H2,1H3,(H,22,23). The van der Waals surface area contributed by atoms with Crippen molar-refractivity contribution in [1.82, 2.24) is 0 Å². The van der Waals surface area contributed by atoms with E-state index in [1.165, 1.54) is 28.8 Å². The van der Waals surface area contributed by atoms with Gasteiger partial charge in [-0.25, -0.2) is 8.42 Å². The van der Waals surface area contributed by atoms with Crippen molar-refractivity contribution in [3.63, 3.8) is 0 Å². The van der Waals surface area contributed by atoms with Gasteiger partial charge < -0.3 is 5.32 Å². The van der Waals surface area contributed by atoms with Crippen LogP contribution in [-0.4, -0.2) is 20.6 Å². The van der Waals surface area contributed by atoms with Crippen molar-refractivity contribution in [2.75, 3.05) is 11.6 Å². The fourth-order valence-corrected chi connectivity index (χ4v) is 4.28. The molecule has 0 heterocycles. The number of sulfone groups is 1. The van der Waals surface area contributed by atoms with Crippen molar-refractivity contribution >= 4 is 21.4 Å². The Balaban J connectivity index is 1.64. The Morgan fingerprint density at radius 2 is 1.58 bits per heavy atom. The van der Waals surface area contributed by atoms with E-state index < -0.39 is 15.7 Å². The lowest BCUT2D eigenvalue weighted by Gasteiger charge is -2.10. The Kier molecular flexibility index (Phi) is 3.89. The van der Waals surface area contributed by atoms with Crippen LogP contribution in [0.2, 0.25) is 0 Å². The number of benzene rings is 3. The molecule has 0 saturated heterocycles. The van der Waals surface area contributed by atoms with E-state index in [9.17, 15) is 13.2 Å². The van der Waals surface area contributed by atoms with Crippen LogP contribution in [0.5, 0.6) is 0 Å². The summed E-state index contributed by atoms with van der Waals surface area (Å²) in [5.74, 6) is -0.429. The van der Waals surface area contributed by atoms with Gasteiger partial charge in [-0.1, -0.05) is 42.5 Å². The van der Waals surface area contributed by atoms with E-state index in [0.29, 0.717) is 5.69 Å². The number of amides is 1. The molecule has 0 saturated carbocycles. The van der Waals surface area contributed by atoms with Crippen LogP contribution in [-0.2, 0) is 16.3 Å². The topological polar surface area (TPSA) is 63.2 Å². The van der Waals surface area contributed by atoms with Gasteiger partial charge in [-0.3, -0.25) is 4.79 Å². The summed E-state index contributed by atoms with van der Waals surface area (Å²) < 4.78 is 23.8. The van der Waals surface area contributed by atoms with Gasteiger partial charge in [0.2, 0.25) is 0 Å². The van der Waals surface area contributed by atoms with Crippen LogP contribution in [0.3, 0.4) is 0 Å². The molecule has 3 aromatic carbocycles. The molecule has 1 aliphatic rings. The number of nitrogens with one attached hydrogen (secondary N) is 1. The zero-order valence-electron chi connectivity index (χ0n) is 14.2. The molecule has 0 bridgehead atoms. The number of hydrogen-bond acceptors (Lipinski definition) is 3. The minimum atomic E-state index is -3.48. The highest BCUT2D eigenvalue weighted by Gasteiger charge is 2.20. The van der Waals surface area contributed by atoms with Gasteiger partial charge in [-0.05, 0) is 52.9 Å². The summed E-state index contributed by atoms with van der Waals surface area (Å²) in [6.07, 6.45) is 1.93. The largest absolute Gasteiger partial charge is 0.322 e. The molecule has 4 rings (SSSR count). The van der Waals surface area contributed by atoms with E-state index in [-0.39, 0.29) is 10.5 Å². The molecule has 1 amide bonds. The third kappa shape index (κ3) is 2.91. The van der Waals surface area contributed by atoms with Gasteiger partial charge in [-0.15, -0.1) is 0 Å². The molecule has 0 radical (unpaired) electrons. The Morgan fingerprint density at radius 3 is 2.38 bits per heavy atom. The third-order valence-electron chi connectivity index (χ3n) is 4.58. The molecule has 0 aromatic heterocycles. The summed E-state index contributed by atoms with van der Waals surface area (Å²) in [6, 6.07) is 20.3. The molecule has 0 aliphatic heterocycles. The molecule has 5 heteroatoms. The smallest absolute Gasteiger partial charge is 0.256 e. The first-order valence-corrected chi connectivity index (χ1v) is 10.1. The normalized spacial score (nSPS) is 12.3. The summed E-state index contributed by atoms with van der Waals surface area (Å²) in [7, 11) is -3.48. The van der Waals surface area contributed by atoms with Crippen LogP contribution in [0, 0.1) is 0 Å². The summed E-state index contributed by atoms with van der Waals surface area (Å²) in [5.41, 5.74) is 5.63. The summed E-state index contributed by atoms with van der Waals surface area (Å²) in [6.45, 7) is 0. The van der Waals surface area contributed by atoms with Gasteiger partial charge in [0.1, 0.15) is 0 Å². The summed E-state index contributed by atoms with van der Waals surface area (Å²) in [5, 5.41) is 2.82. The van der Waals surface area contributed by atoms with Crippen molar-refractivity contribution in [3.8, 4) is 11.1 Å². The number of rotatable bonds is 3. The second-order valence-corrected chi connectivity index (χ2v) is 8.41. The predicted octanol–water partition coefficient (Wildman–Crippen LogP) is 3.91. The van der Waals surface area contributed by atoms with Crippen LogP contribution < -0.4 is 5.32 Å². The van der Waals surface area contributed by atoms with E-state index in [1.807, 2.05) is 30.3 Å². The Morgan fingerprint density at radius 1 is 0.885 bits per heavy atom. The molecule has 4 nitrogen and oxygen atoms in total. The van der Waals surface area contributed by atoms with E-state index in [4.69, 9.17) is 0 Å². The van der Waals surface area contributed by atoms with Crippen molar-refractivity contribution in [2.45, 2.75) is 11.3 Å². The Bertz CT molecular complexity index is 1130. The Labute approximate surface area is 152 Å². The molecule has 130 valence electrons. The number of fused-ring (bicyclic) bond motifs is 3. The second-order valence-electron chi connectivity index (χ2n) is 6.43. The third-order valence-corrected chi connectivity index (χ3v) is 5.74. The first-order valence-electron chi connectivity index (χ1n) is 8.25. The van der Waals surface area contributed by atoms with Crippen molar-refractivity contribution in [1.29, 1.82) is 0 Å². The highest BCUT2D eigenvalue weighted by atomic mass is 32.2. The SMILES string of the molecule is CS(=O)(=O)c1ccccc1C(=O)Nc1ccc2c(c1)Cc1ccccc1-2. The summed E-state index contributed by atoms with van der Waals surface area (Å²) in [4.78, 5) is 12.7. The van der Waals surface area contributed by atoms with Crippen LogP contribution in [0.1, 0.15) is 21.5 Å². The van der Waals surface area contributed by atoms with Gasteiger partial charge in [0.25, 0.3) is 5.91 Å².